The summed E-state index contributed by atoms with van der Waals surface area (Å²) in [6.45, 7) is 6.81. The molecule has 0 radical (unpaired) electrons. The van der Waals surface area contributed by atoms with E-state index in [1.165, 1.54) is 25.7 Å². The van der Waals surface area contributed by atoms with Gasteiger partial charge in [0.25, 0.3) is 0 Å². The van der Waals surface area contributed by atoms with Gasteiger partial charge in [0.2, 0.25) is 0 Å². The first kappa shape index (κ1) is 21.9. The second-order valence-corrected chi connectivity index (χ2v) is 10.1. The molecule has 8 heteroatoms. The molecule has 0 amide bonds. The summed E-state index contributed by atoms with van der Waals surface area (Å²) < 4.78 is 7.90. The summed E-state index contributed by atoms with van der Waals surface area (Å²) in [6, 6.07) is 8.24. The van der Waals surface area contributed by atoms with Gasteiger partial charge >= 0.3 is 0 Å². The van der Waals surface area contributed by atoms with Crippen LogP contribution in [0.3, 0.4) is 0 Å². The topological polar surface area (TPSA) is 81.8 Å². The zero-order chi connectivity index (χ0) is 24.0. The van der Waals surface area contributed by atoms with E-state index in [2.05, 4.69) is 40.2 Å². The van der Waals surface area contributed by atoms with Gasteiger partial charge in [-0.05, 0) is 38.8 Å². The highest BCUT2D eigenvalue weighted by atomic mass is 16.5. The van der Waals surface area contributed by atoms with Crippen LogP contribution in [0, 0.1) is 12.3 Å². The summed E-state index contributed by atoms with van der Waals surface area (Å²) in [7, 11) is 1.94. The van der Waals surface area contributed by atoms with Gasteiger partial charge in [0.15, 0.2) is 11.6 Å². The molecule has 35 heavy (non-hydrogen) atoms. The van der Waals surface area contributed by atoms with Crippen LogP contribution in [0.5, 0.6) is 5.75 Å². The number of ether oxygens (including phenoxy) is 1. The number of fused-ring (bicyclic) bond motifs is 1. The first-order chi connectivity index (χ1) is 17.0. The maximum Gasteiger partial charge on any atom is 0.163 e. The monoisotopic (exact) mass is 469 g/mol. The van der Waals surface area contributed by atoms with Crippen LogP contribution in [0.15, 0.2) is 36.8 Å². The minimum Gasteiger partial charge on any atom is -0.494 e. The predicted octanol–water partition coefficient (Wildman–Crippen LogP) is 4.50. The number of nitrogens with zero attached hydrogens (tertiary/aromatic N) is 7. The molecular formula is C27H31N7O. The minimum atomic E-state index is 0.504. The lowest BCUT2D eigenvalue weighted by Crippen LogP contribution is -2.55. The highest BCUT2D eigenvalue weighted by molar-refractivity contribution is 5.89. The molecule has 1 saturated heterocycles. The van der Waals surface area contributed by atoms with Crippen LogP contribution in [0.4, 0.5) is 5.82 Å². The average Bonchev–Trinajstić information content (AvgIpc) is 3.49. The lowest BCUT2D eigenvalue weighted by molar-refractivity contribution is 0.221. The number of hydrogen-bond acceptors (Lipinski definition) is 7. The summed E-state index contributed by atoms with van der Waals surface area (Å²) in [5.74, 6) is 3.40. The lowest BCUT2D eigenvalue weighted by Gasteiger charge is -2.49. The van der Waals surface area contributed by atoms with Crippen molar-refractivity contribution in [1.82, 2.24) is 29.7 Å². The van der Waals surface area contributed by atoms with Gasteiger partial charge in [-0.3, -0.25) is 0 Å². The van der Waals surface area contributed by atoms with Crippen molar-refractivity contribution in [3.8, 4) is 17.1 Å². The van der Waals surface area contributed by atoms with Crippen LogP contribution in [0.2, 0.25) is 0 Å². The van der Waals surface area contributed by atoms with Crippen molar-refractivity contribution in [3.05, 3.63) is 53.9 Å². The summed E-state index contributed by atoms with van der Waals surface area (Å²) >= 11 is 0. The van der Waals surface area contributed by atoms with Gasteiger partial charge in [-0.2, -0.15) is 0 Å². The van der Waals surface area contributed by atoms with Crippen molar-refractivity contribution < 1.29 is 4.74 Å². The maximum atomic E-state index is 6.00. The Labute approximate surface area is 205 Å². The highest BCUT2D eigenvalue weighted by Crippen LogP contribution is 2.47. The molecule has 2 aliphatic rings. The van der Waals surface area contributed by atoms with Crippen molar-refractivity contribution in [3.63, 3.8) is 0 Å². The van der Waals surface area contributed by atoms with Crippen LogP contribution in [-0.2, 0) is 13.5 Å². The van der Waals surface area contributed by atoms with E-state index in [-0.39, 0.29) is 0 Å². The number of aryl methyl sites for hydroxylation is 2. The molecule has 3 aromatic heterocycles. The Bertz CT molecular complexity index is 1380. The molecule has 6 rings (SSSR count). The summed E-state index contributed by atoms with van der Waals surface area (Å²) in [6.07, 6.45) is 9.64. The van der Waals surface area contributed by atoms with E-state index in [9.17, 15) is 0 Å². The Balaban J connectivity index is 1.32. The molecule has 0 unspecified atom stereocenters. The molecule has 4 aromatic rings. The van der Waals surface area contributed by atoms with Crippen molar-refractivity contribution in [2.45, 2.75) is 46.0 Å². The van der Waals surface area contributed by atoms with E-state index in [1.807, 2.05) is 30.8 Å². The second kappa shape index (κ2) is 8.59. The Morgan fingerprint density at radius 3 is 2.66 bits per heavy atom. The van der Waals surface area contributed by atoms with Crippen molar-refractivity contribution >= 4 is 16.7 Å². The standard InChI is InChI=1S/C27H31N7O/c1-4-35-22-12-20(25-32-29-17-33(25)3)8-7-19(22)13-23-28-14-21-11-18(2)30-26(24(21)31-23)34-15-27(16-34)9-5-6-10-27/h7-8,11-12,14,17H,4-6,9-10,13,15-16H2,1-3H3. The normalized spacial score (nSPS) is 16.7. The Hall–Kier alpha value is -3.55. The fourth-order valence-corrected chi connectivity index (χ4v) is 5.69. The molecule has 8 nitrogen and oxygen atoms in total. The third-order valence-corrected chi connectivity index (χ3v) is 7.43. The zero-order valence-electron chi connectivity index (χ0n) is 20.7. The van der Waals surface area contributed by atoms with Gasteiger partial charge in [-0.15, -0.1) is 10.2 Å². The Morgan fingerprint density at radius 1 is 1.09 bits per heavy atom. The minimum absolute atomic E-state index is 0.504. The molecule has 2 fully saturated rings. The smallest absolute Gasteiger partial charge is 0.163 e. The molecule has 1 aromatic carbocycles. The summed E-state index contributed by atoms with van der Waals surface area (Å²) in [4.78, 5) is 17.1. The molecule has 1 aliphatic heterocycles. The summed E-state index contributed by atoms with van der Waals surface area (Å²) in [5, 5.41) is 9.28. The highest BCUT2D eigenvalue weighted by Gasteiger charge is 2.45. The van der Waals surface area contributed by atoms with Crippen molar-refractivity contribution in [1.29, 1.82) is 0 Å². The molecule has 1 spiro atoms. The molecule has 4 heterocycles. The number of pyridine rings is 1. The average molecular weight is 470 g/mol. The zero-order valence-corrected chi connectivity index (χ0v) is 20.7. The second-order valence-electron chi connectivity index (χ2n) is 10.1. The molecule has 1 saturated carbocycles. The van der Waals surface area contributed by atoms with Gasteiger partial charge in [0.1, 0.15) is 23.4 Å². The quantitative estimate of drug-likeness (QED) is 0.411. The molecule has 0 N–H and O–H groups in total. The van der Waals surface area contributed by atoms with Gasteiger partial charge in [-0.1, -0.05) is 25.0 Å². The van der Waals surface area contributed by atoms with E-state index in [0.717, 1.165) is 64.0 Å². The fourth-order valence-electron chi connectivity index (χ4n) is 5.69. The first-order valence-electron chi connectivity index (χ1n) is 12.5. The van der Waals surface area contributed by atoms with Gasteiger partial charge in [-0.25, -0.2) is 15.0 Å². The third kappa shape index (κ3) is 4.00. The fraction of sp³-hybridized carbons (Fsp3) is 0.444. The Morgan fingerprint density at radius 2 is 1.91 bits per heavy atom. The maximum absolute atomic E-state index is 6.00. The molecule has 1 aliphatic carbocycles. The van der Waals surface area contributed by atoms with Crippen LogP contribution < -0.4 is 9.64 Å². The third-order valence-electron chi connectivity index (χ3n) is 7.43. The van der Waals surface area contributed by atoms with E-state index in [1.54, 1.807) is 6.33 Å². The SMILES string of the molecule is CCOc1cc(-c2nncn2C)ccc1Cc1ncc2cc(C)nc(N3CC4(CCCC4)C3)c2n1. The van der Waals surface area contributed by atoms with E-state index < -0.39 is 0 Å². The predicted molar refractivity (Wildman–Crippen MR) is 136 cm³/mol. The van der Waals surface area contributed by atoms with E-state index in [0.29, 0.717) is 18.4 Å². The van der Waals surface area contributed by atoms with Crippen LogP contribution in [-0.4, -0.2) is 49.4 Å². The van der Waals surface area contributed by atoms with Crippen LogP contribution >= 0.6 is 0 Å². The van der Waals surface area contributed by atoms with E-state index >= 15 is 0 Å². The number of benzene rings is 1. The molecule has 180 valence electrons. The van der Waals surface area contributed by atoms with E-state index in [4.69, 9.17) is 19.7 Å². The van der Waals surface area contributed by atoms with Gasteiger partial charge in [0.05, 0.1) is 6.61 Å². The lowest BCUT2D eigenvalue weighted by atomic mass is 9.78. The van der Waals surface area contributed by atoms with Gasteiger partial charge < -0.3 is 14.2 Å². The molecule has 0 atom stereocenters. The first-order valence-corrected chi connectivity index (χ1v) is 12.5. The van der Waals surface area contributed by atoms with Crippen molar-refractivity contribution in [2.75, 3.05) is 24.6 Å². The number of hydrogen-bond donors (Lipinski definition) is 0. The molecule has 0 bridgehead atoms. The Kier molecular flexibility index (Phi) is 5.39. The van der Waals surface area contributed by atoms with Crippen LogP contribution in [0.25, 0.3) is 22.3 Å². The van der Waals surface area contributed by atoms with Crippen molar-refractivity contribution in [2.24, 2.45) is 12.5 Å². The number of rotatable bonds is 6. The van der Waals surface area contributed by atoms with Crippen LogP contribution in [0.1, 0.15) is 49.7 Å². The van der Waals surface area contributed by atoms with Gasteiger partial charge in [0, 0.05) is 60.4 Å². The number of anilines is 1. The number of aromatic nitrogens is 6. The summed E-state index contributed by atoms with van der Waals surface area (Å²) in [5.41, 5.74) is 4.48. The molecular weight excluding hydrogens is 438 g/mol. The largest absolute Gasteiger partial charge is 0.494 e.